The summed E-state index contributed by atoms with van der Waals surface area (Å²) in [5.41, 5.74) is 3.91. The molecule has 806 valence electrons. The average molecular weight is 2180 g/mol. The monoisotopic (exact) mass is 2180 g/mol. The highest BCUT2D eigenvalue weighted by molar-refractivity contribution is 7.98. The number of aryl methyl sites for hydroxylation is 3. The van der Waals surface area contributed by atoms with Crippen LogP contribution < -0.4 is 15.8 Å². The standard InChI is InChI=1S/2C24H32F2O8S.C21H21S.C18H15S.C14H21OS.C13H16F2O6S/c2*25-24(26,35-34-33-29)22(28)32-20-17-6-14-7-18(20)10-23(8-14,9-17)21(27)31-11-30-19-15-2-12-1-13(4-15)5-16(19)3-12;1-16-4-10-19(11-5-16)22(20-12-6-17(2)7-13-20)21-14-8-18(3)9-15-21;1-4-10-16(11-5-1)19(17-12-6-2-7-13-17)18-14-8-3-9-15-18;1-14(2,3)12-4-6-13(7-5-12)16-10-8-15-9-11-16;14-13(15,22-21-20-18)11(17)19-6-12-3-7-1-8(4-12)10(16)9(2-7)5-12/h2*12-20,29H,1-11H2;4-15H,1-3H3;1-15H;4-7H,8-11H2,1-3H3;7-9,18H,1-6H2/q;;3*+1;/p-3. The van der Waals surface area contributed by atoms with Crippen LogP contribution in [-0.2, 0) is 133 Å². The Bertz CT molecular complexity index is 5200. The topological polar surface area (TPSA) is 301 Å². The molecule has 20 saturated carbocycles. The molecule has 21 aliphatic rings. The van der Waals surface area contributed by atoms with Crippen molar-refractivity contribution in [2.24, 2.45) is 117 Å². The Morgan fingerprint density at radius 1 is 0.369 bits per heavy atom. The van der Waals surface area contributed by atoms with E-state index in [4.69, 9.17) is 37.9 Å². The highest BCUT2D eigenvalue weighted by atomic mass is 32.2. The van der Waals surface area contributed by atoms with Gasteiger partial charge in [0.05, 0.1) is 64.6 Å². The predicted octanol–water partition coefficient (Wildman–Crippen LogP) is 21.9. The van der Waals surface area contributed by atoms with Gasteiger partial charge in [-0.2, -0.15) is 39.3 Å². The van der Waals surface area contributed by atoms with Crippen LogP contribution in [0.2, 0.25) is 0 Å². The SMILES string of the molecule is CC(C)(C)c1ccc([S+]2CCOCC2)cc1.Cc1ccc([S+](c2ccc(C)cc2)c2ccc(C)cc2)cc1.O=C(OCOC1C2CC3CC(C2)CC1C3)C12CC3CC(C1)C(OC(=O)C(F)(F)SOO[O-])C(C3)C2.O=C(OCOC1C2CC3CC(C2)CC1C3)C12CC3CC(C1)C(OC(=O)C(F)(F)SOO[O-])C(C3)C2.O=C1C2CC3CC1CC(COC(=O)C(F)(F)SOO[O-])(C3)C2.c1ccc([S+](c2ccccc2)c2ccccc2)cc1. The Morgan fingerprint density at radius 3 is 1.01 bits per heavy atom. The van der Waals surface area contributed by atoms with E-state index in [1.165, 1.54) is 132 Å². The third-order valence-corrected chi connectivity index (χ3v) is 42.7. The summed E-state index contributed by atoms with van der Waals surface area (Å²) < 4.78 is 137. The maximum absolute atomic E-state index is 13.9. The number of ether oxygens (including phenoxy) is 8. The number of carbonyl (C=O) groups excluding carboxylic acids is 6. The molecule has 28 rings (SSSR count). The molecule has 7 aromatic carbocycles. The van der Waals surface area contributed by atoms with Gasteiger partial charge in [0.15, 0.2) is 47.9 Å². The lowest BCUT2D eigenvalue weighted by Crippen LogP contribution is -2.58. The maximum atomic E-state index is 13.9. The molecular weight excluding hydrogens is 2040 g/mol. The van der Waals surface area contributed by atoms with Gasteiger partial charge in [0.1, 0.15) is 65.6 Å². The van der Waals surface area contributed by atoms with Crippen LogP contribution in [0.25, 0.3) is 0 Å². The molecule has 20 bridgehead atoms. The molecule has 20 aliphatic carbocycles. The molecule has 149 heavy (non-hydrogen) atoms. The first-order valence-corrected chi connectivity index (χ1v) is 58.7. The maximum Gasteiger partial charge on any atom is 0.415 e. The highest BCUT2D eigenvalue weighted by Gasteiger charge is 2.65. The van der Waals surface area contributed by atoms with E-state index in [9.17, 15) is 70.9 Å². The Kier molecular flexibility index (Phi) is 36.4. The number of alkyl halides is 6. The van der Waals surface area contributed by atoms with Crippen molar-refractivity contribution in [1.29, 1.82) is 0 Å². The van der Waals surface area contributed by atoms with Crippen molar-refractivity contribution in [1.82, 2.24) is 0 Å². The minimum Gasteiger partial charge on any atom is -0.691 e. The quantitative estimate of drug-likeness (QED) is 0.00570. The fourth-order valence-corrected chi connectivity index (χ4v) is 35.9. The molecule has 0 amide bonds. The summed E-state index contributed by atoms with van der Waals surface area (Å²) >= 11 is -2.06. The summed E-state index contributed by atoms with van der Waals surface area (Å²) in [6.07, 6.45) is 21.5. The van der Waals surface area contributed by atoms with Crippen LogP contribution in [0.5, 0.6) is 0 Å². The summed E-state index contributed by atoms with van der Waals surface area (Å²) in [6.45, 7) is 14.9. The number of hydrogen-bond acceptors (Lipinski definition) is 26. The summed E-state index contributed by atoms with van der Waals surface area (Å²) in [5.74, 6) is 2.81. The number of ketones is 1. The van der Waals surface area contributed by atoms with Gasteiger partial charge in [0.25, 0.3) is 0 Å². The van der Waals surface area contributed by atoms with Crippen LogP contribution >= 0.6 is 36.1 Å². The van der Waals surface area contributed by atoms with E-state index in [1.54, 1.807) is 0 Å². The van der Waals surface area contributed by atoms with Gasteiger partial charge in [0, 0.05) is 28.1 Å². The van der Waals surface area contributed by atoms with E-state index in [-0.39, 0.29) is 130 Å². The minimum atomic E-state index is -4.06. The number of rotatable bonds is 31. The third-order valence-electron chi connectivity index (χ3n) is 34.5. The van der Waals surface area contributed by atoms with Gasteiger partial charge in [-0.1, -0.05) is 141 Å². The molecule has 6 unspecified atom stereocenters. The van der Waals surface area contributed by atoms with Crippen molar-refractivity contribution < 1.29 is 137 Å². The summed E-state index contributed by atoms with van der Waals surface area (Å²) in [4.78, 5) is 83.8. The average Bonchev–Trinajstić information content (AvgIpc) is 0.726. The van der Waals surface area contributed by atoms with Crippen molar-refractivity contribution in [3.63, 3.8) is 0 Å². The molecular formula is C114H134F6O23S6. The lowest BCUT2D eigenvalue weighted by atomic mass is 9.48. The molecule has 0 aromatic heterocycles. The van der Waals surface area contributed by atoms with Crippen molar-refractivity contribution in [2.45, 2.75) is 282 Å². The van der Waals surface area contributed by atoms with Crippen LogP contribution in [0.3, 0.4) is 0 Å². The van der Waals surface area contributed by atoms with E-state index in [0.717, 1.165) is 94.7 Å². The lowest BCUT2D eigenvalue weighted by molar-refractivity contribution is -0.777. The lowest BCUT2D eigenvalue weighted by Gasteiger charge is -2.58. The van der Waals surface area contributed by atoms with Gasteiger partial charge >= 0.3 is 45.6 Å². The number of benzene rings is 7. The van der Waals surface area contributed by atoms with Gasteiger partial charge < -0.3 is 53.7 Å². The number of halogens is 6. The molecule has 1 aliphatic heterocycles. The molecule has 7 aromatic rings. The van der Waals surface area contributed by atoms with Crippen LogP contribution in [0.15, 0.2) is 222 Å². The fraction of sp³-hybridized carbons (Fsp3) is 0.579. The van der Waals surface area contributed by atoms with Gasteiger partial charge in [0.2, 0.25) is 0 Å². The summed E-state index contributed by atoms with van der Waals surface area (Å²) in [5, 5.41) is 25.7. The van der Waals surface area contributed by atoms with Crippen LogP contribution in [-0.4, -0.2) is 121 Å². The zero-order chi connectivity index (χ0) is 105. The van der Waals surface area contributed by atoms with Gasteiger partial charge in [-0.15, -0.1) is 0 Å². The van der Waals surface area contributed by atoms with Crippen LogP contribution in [0.4, 0.5) is 26.3 Å². The number of esters is 5. The Hall–Kier alpha value is -7.24. The predicted molar refractivity (Wildman–Crippen MR) is 542 cm³/mol. The Labute approximate surface area is 889 Å². The van der Waals surface area contributed by atoms with E-state index >= 15 is 0 Å². The molecule has 21 fully saturated rings. The molecule has 1 saturated heterocycles. The largest absolute Gasteiger partial charge is 0.691 e. The van der Waals surface area contributed by atoms with Gasteiger partial charge in [-0.05, 0) is 366 Å². The molecule has 1 heterocycles. The van der Waals surface area contributed by atoms with Crippen molar-refractivity contribution in [3.05, 3.63) is 210 Å². The normalized spacial score (nSPS) is 31.6. The van der Waals surface area contributed by atoms with E-state index in [0.29, 0.717) is 79.0 Å². The molecule has 0 N–H and O–H groups in total. The first kappa shape index (κ1) is 111. The van der Waals surface area contributed by atoms with Crippen molar-refractivity contribution in [2.75, 3.05) is 44.9 Å². The third kappa shape index (κ3) is 26.7. The van der Waals surface area contributed by atoms with Gasteiger partial charge in [-0.3, -0.25) is 29.5 Å². The molecule has 6 atom stereocenters. The van der Waals surface area contributed by atoms with Crippen molar-refractivity contribution >= 4 is 104 Å². The fourth-order valence-electron chi connectivity index (χ4n) is 29.2. The minimum absolute atomic E-state index is 0.0146. The first-order valence-electron chi connectivity index (χ1n) is 52.5. The zero-order valence-corrected chi connectivity index (χ0v) is 89.7. The number of Topliss-reactive ketones (excluding diaryl/α,β-unsaturated/α-hetero) is 1. The van der Waals surface area contributed by atoms with Crippen molar-refractivity contribution in [3.8, 4) is 0 Å². The summed E-state index contributed by atoms with van der Waals surface area (Å²) in [6, 6.07) is 68.2. The first-order chi connectivity index (χ1) is 71.5. The number of carbonyl (C=O) groups is 6. The smallest absolute Gasteiger partial charge is 0.415 e. The van der Waals surface area contributed by atoms with Gasteiger partial charge in [-0.25, -0.2) is 14.4 Å². The van der Waals surface area contributed by atoms with Crippen LogP contribution in [0.1, 0.15) is 204 Å². The van der Waals surface area contributed by atoms with E-state index in [2.05, 4.69) is 258 Å². The second-order valence-electron chi connectivity index (χ2n) is 45.8. The molecule has 0 radical (unpaired) electrons. The number of hydrogen-bond donors (Lipinski definition) is 0. The van der Waals surface area contributed by atoms with Crippen LogP contribution in [0, 0.1) is 138 Å². The Morgan fingerprint density at radius 2 is 0.685 bits per heavy atom. The second-order valence-corrected chi connectivity index (χ2v) is 54.5. The molecule has 35 heteroatoms. The Balaban J connectivity index is 0.000000120. The molecule has 0 spiro atoms. The second kappa shape index (κ2) is 48.6. The van der Waals surface area contributed by atoms with E-state index < -0.39 is 92.8 Å². The zero-order valence-electron chi connectivity index (χ0n) is 84.8. The van der Waals surface area contributed by atoms with E-state index in [1.807, 2.05) is 0 Å². The summed E-state index contributed by atoms with van der Waals surface area (Å²) in [7, 11) is 0.378. The highest BCUT2D eigenvalue weighted by Crippen LogP contribution is 2.65. The molecule has 23 nitrogen and oxygen atoms in total.